The van der Waals surface area contributed by atoms with Crippen molar-refractivity contribution in [1.82, 2.24) is 0 Å². The topological polar surface area (TPSA) is 128 Å². The summed E-state index contributed by atoms with van der Waals surface area (Å²) >= 11 is 0. The van der Waals surface area contributed by atoms with E-state index in [-0.39, 0.29) is 5.69 Å². The van der Waals surface area contributed by atoms with Crippen LogP contribution in [-0.2, 0) is 4.79 Å². The van der Waals surface area contributed by atoms with Crippen molar-refractivity contribution in [2.75, 3.05) is 13.2 Å². The number of hydrogen-bond donors (Lipinski definition) is 1. The number of hydrogen-bond acceptors (Lipinski definition) is 5. The quantitative estimate of drug-likeness (QED) is 0.0870. The van der Waals surface area contributed by atoms with Gasteiger partial charge in [0.05, 0.1) is 18.9 Å². The van der Waals surface area contributed by atoms with Crippen LogP contribution in [0, 0.1) is 11.3 Å². The first-order chi connectivity index (χ1) is 14.6. The van der Waals surface area contributed by atoms with Crippen LogP contribution in [0.1, 0.15) is 70.8 Å². The van der Waals surface area contributed by atoms with Gasteiger partial charge in [-0.2, -0.15) is 5.26 Å². The van der Waals surface area contributed by atoms with Gasteiger partial charge in [0, 0.05) is 10.5 Å². The van der Waals surface area contributed by atoms with Gasteiger partial charge in [-0.25, -0.2) is 4.79 Å². The maximum atomic E-state index is 11.3. The minimum atomic E-state index is -1.33. The molecule has 1 aromatic rings. The Bertz CT molecular complexity index is 808. The van der Waals surface area contributed by atoms with Crippen LogP contribution in [0.2, 0.25) is 0 Å². The van der Waals surface area contributed by atoms with Gasteiger partial charge in [-0.3, -0.25) is 0 Å². The third-order valence-electron chi connectivity index (χ3n) is 4.41. The summed E-state index contributed by atoms with van der Waals surface area (Å²) in [4.78, 5) is 14.1. The lowest BCUT2D eigenvalue weighted by molar-refractivity contribution is -0.132. The fraction of sp³-hybridized carbons (Fsp3) is 0.545. The van der Waals surface area contributed by atoms with Gasteiger partial charge in [0.2, 0.25) is 0 Å². The monoisotopic (exact) mass is 414 g/mol. The molecular weight excluding hydrogens is 384 g/mol. The lowest BCUT2D eigenvalue weighted by Crippen LogP contribution is -2.03. The minimum Gasteiger partial charge on any atom is -0.493 e. The number of ether oxygens (including phenoxy) is 2. The summed E-state index contributed by atoms with van der Waals surface area (Å²) < 4.78 is 11.6. The zero-order valence-corrected chi connectivity index (χ0v) is 17.8. The molecule has 8 nitrogen and oxygen atoms in total. The second kappa shape index (κ2) is 14.8. The van der Waals surface area contributed by atoms with Crippen molar-refractivity contribution in [3.8, 4) is 17.6 Å². The van der Waals surface area contributed by atoms with Crippen molar-refractivity contribution in [2.24, 2.45) is 5.11 Å². The summed E-state index contributed by atoms with van der Waals surface area (Å²) in [6, 6.07) is 4.76. The number of azide groups is 1. The molecule has 0 aromatic heterocycles. The smallest absolute Gasteiger partial charge is 0.346 e. The van der Waals surface area contributed by atoms with E-state index >= 15 is 0 Å². The highest BCUT2D eigenvalue weighted by molar-refractivity contribution is 5.97. The Morgan fingerprint density at radius 1 is 1.10 bits per heavy atom. The summed E-state index contributed by atoms with van der Waals surface area (Å²) in [5.41, 5.74) is 9.14. The van der Waals surface area contributed by atoms with Crippen LogP contribution < -0.4 is 9.47 Å². The molecule has 0 spiro atoms. The van der Waals surface area contributed by atoms with E-state index < -0.39 is 11.5 Å². The Morgan fingerprint density at radius 2 is 1.70 bits per heavy atom. The summed E-state index contributed by atoms with van der Waals surface area (Å²) in [7, 11) is 0. The molecule has 0 amide bonds. The molecule has 162 valence electrons. The molecule has 0 fully saturated rings. The van der Waals surface area contributed by atoms with Gasteiger partial charge < -0.3 is 14.6 Å². The van der Waals surface area contributed by atoms with Crippen LogP contribution in [-0.4, -0.2) is 24.3 Å². The molecule has 0 heterocycles. The number of benzene rings is 1. The van der Waals surface area contributed by atoms with Gasteiger partial charge in [0.1, 0.15) is 23.1 Å². The van der Waals surface area contributed by atoms with E-state index in [1.54, 1.807) is 12.1 Å². The molecule has 0 saturated heterocycles. The second-order valence-corrected chi connectivity index (χ2v) is 6.84. The predicted octanol–water partition coefficient (Wildman–Crippen LogP) is 6.54. The van der Waals surface area contributed by atoms with E-state index in [4.69, 9.17) is 20.3 Å². The predicted molar refractivity (Wildman–Crippen MR) is 116 cm³/mol. The number of carboxylic acid groups (broad SMARTS) is 1. The van der Waals surface area contributed by atoms with Crippen LogP contribution >= 0.6 is 0 Å². The number of rotatable bonds is 15. The standard InChI is InChI=1S/C22H30N4O4/c1-3-5-7-9-11-29-20-15-19(25-26-24)21(30-12-10-8-6-4-2)14-17(20)13-18(16-23)22(27)28/h13-15H,3-12H2,1-2H3,(H,27,28)/b18-13+. The number of carboxylic acids is 1. The largest absolute Gasteiger partial charge is 0.493 e. The number of nitrogens with zero attached hydrogens (tertiary/aromatic N) is 4. The minimum absolute atomic E-state index is 0.266. The van der Waals surface area contributed by atoms with Gasteiger partial charge >= 0.3 is 5.97 Å². The fourth-order valence-corrected chi connectivity index (χ4v) is 2.76. The van der Waals surface area contributed by atoms with Crippen molar-refractivity contribution < 1.29 is 19.4 Å². The average molecular weight is 415 g/mol. The van der Waals surface area contributed by atoms with Crippen LogP contribution in [0.25, 0.3) is 16.5 Å². The first kappa shape index (κ1) is 24.9. The highest BCUT2D eigenvalue weighted by Crippen LogP contribution is 2.37. The Morgan fingerprint density at radius 3 is 2.20 bits per heavy atom. The van der Waals surface area contributed by atoms with Gasteiger partial charge in [0.25, 0.3) is 0 Å². The first-order valence-corrected chi connectivity index (χ1v) is 10.4. The van der Waals surface area contributed by atoms with Crippen molar-refractivity contribution in [2.45, 2.75) is 65.2 Å². The van der Waals surface area contributed by atoms with E-state index in [0.717, 1.165) is 51.4 Å². The Labute approximate surface area is 177 Å². The van der Waals surface area contributed by atoms with E-state index in [0.29, 0.717) is 30.3 Å². The second-order valence-electron chi connectivity index (χ2n) is 6.84. The maximum absolute atomic E-state index is 11.3. The molecular formula is C22H30N4O4. The molecule has 0 saturated carbocycles. The molecule has 0 atom stereocenters. The Hall–Kier alpha value is -3.17. The molecule has 0 bridgehead atoms. The molecule has 8 heteroatoms. The zero-order chi connectivity index (χ0) is 22.2. The normalized spacial score (nSPS) is 10.8. The van der Waals surface area contributed by atoms with Gasteiger partial charge in [-0.05, 0) is 36.6 Å². The number of nitriles is 1. The average Bonchev–Trinajstić information content (AvgIpc) is 2.73. The molecule has 1 rings (SSSR count). The van der Waals surface area contributed by atoms with Crippen LogP contribution in [0.15, 0.2) is 22.8 Å². The molecule has 0 aliphatic rings. The van der Waals surface area contributed by atoms with Gasteiger partial charge in [-0.15, -0.1) is 0 Å². The molecule has 1 N–H and O–H groups in total. The van der Waals surface area contributed by atoms with Crippen molar-refractivity contribution >= 4 is 17.7 Å². The van der Waals surface area contributed by atoms with E-state index in [1.807, 2.05) is 0 Å². The van der Waals surface area contributed by atoms with E-state index in [2.05, 4.69) is 23.9 Å². The van der Waals surface area contributed by atoms with E-state index in [1.165, 1.54) is 12.1 Å². The molecule has 30 heavy (non-hydrogen) atoms. The summed E-state index contributed by atoms with van der Waals surface area (Å²) in [6.45, 7) is 5.11. The summed E-state index contributed by atoms with van der Waals surface area (Å²) in [5.74, 6) is -0.648. The third-order valence-corrected chi connectivity index (χ3v) is 4.41. The highest BCUT2D eigenvalue weighted by atomic mass is 16.5. The third kappa shape index (κ3) is 8.89. The highest BCUT2D eigenvalue weighted by Gasteiger charge is 2.14. The lowest BCUT2D eigenvalue weighted by Gasteiger charge is -2.15. The fourth-order valence-electron chi connectivity index (χ4n) is 2.76. The number of carbonyl (C=O) groups is 1. The summed E-state index contributed by atoms with van der Waals surface area (Å²) in [5, 5.41) is 22.0. The maximum Gasteiger partial charge on any atom is 0.346 e. The molecule has 0 aliphatic carbocycles. The summed E-state index contributed by atoms with van der Waals surface area (Å²) in [6.07, 6.45) is 9.39. The van der Waals surface area contributed by atoms with Crippen molar-refractivity contribution in [3.05, 3.63) is 33.7 Å². The van der Waals surface area contributed by atoms with Crippen molar-refractivity contribution in [3.63, 3.8) is 0 Å². The van der Waals surface area contributed by atoms with Crippen LogP contribution in [0.4, 0.5) is 5.69 Å². The Balaban J connectivity index is 3.19. The zero-order valence-electron chi connectivity index (χ0n) is 17.8. The molecule has 0 aliphatic heterocycles. The molecule has 0 radical (unpaired) electrons. The van der Waals surface area contributed by atoms with Crippen LogP contribution in [0.3, 0.4) is 0 Å². The molecule has 0 unspecified atom stereocenters. The number of unbranched alkanes of at least 4 members (excludes halogenated alkanes) is 6. The van der Waals surface area contributed by atoms with Crippen molar-refractivity contribution in [1.29, 1.82) is 5.26 Å². The lowest BCUT2D eigenvalue weighted by atomic mass is 10.1. The van der Waals surface area contributed by atoms with E-state index in [9.17, 15) is 9.90 Å². The first-order valence-electron chi connectivity index (χ1n) is 10.4. The molecule has 1 aromatic carbocycles. The van der Waals surface area contributed by atoms with Crippen LogP contribution in [0.5, 0.6) is 11.5 Å². The number of aliphatic carboxylic acids is 1. The Kier molecular flexibility index (Phi) is 12.2. The van der Waals surface area contributed by atoms with Gasteiger partial charge in [-0.1, -0.05) is 57.5 Å². The SMILES string of the molecule is CCCCCCOc1cc(N=[N+]=[N-])c(OCCCCCC)cc1/C=C(\C#N)C(=O)O. The van der Waals surface area contributed by atoms with Gasteiger partial charge in [0.15, 0.2) is 0 Å².